The summed E-state index contributed by atoms with van der Waals surface area (Å²) in [4.78, 5) is 8.78. The van der Waals surface area contributed by atoms with Crippen LogP contribution < -0.4 is 10.2 Å². The molecule has 1 saturated heterocycles. The van der Waals surface area contributed by atoms with Gasteiger partial charge in [-0.15, -0.1) is 11.3 Å². The topological polar surface area (TPSA) is 37.4 Å². The molecule has 0 spiro atoms. The zero-order valence-electron chi connectivity index (χ0n) is 13.4. The molecule has 1 saturated carbocycles. The second-order valence-electron chi connectivity index (χ2n) is 6.43. The maximum absolute atomic E-state index is 5.83. The van der Waals surface area contributed by atoms with Gasteiger partial charge in [0.2, 0.25) is 0 Å². The smallest absolute Gasteiger partial charge is 0.186 e. The van der Waals surface area contributed by atoms with Gasteiger partial charge in [-0.3, -0.25) is 0 Å². The maximum Gasteiger partial charge on any atom is 0.186 e. The molecule has 118 valence electrons. The molecule has 1 aliphatic carbocycles. The van der Waals surface area contributed by atoms with Crippen molar-refractivity contribution in [2.75, 3.05) is 18.0 Å². The fourth-order valence-electron chi connectivity index (χ4n) is 2.93. The fourth-order valence-corrected chi connectivity index (χ4v) is 4.01. The van der Waals surface area contributed by atoms with Crippen LogP contribution in [-0.2, 0) is 17.7 Å². The van der Waals surface area contributed by atoms with Gasteiger partial charge in [0.25, 0.3) is 0 Å². The number of aromatic nitrogens is 1. The first-order chi connectivity index (χ1) is 10.2. The quantitative estimate of drug-likeness (QED) is 0.876. The van der Waals surface area contributed by atoms with Gasteiger partial charge < -0.3 is 15.0 Å². The fraction of sp³-hybridized carbons (Fsp3) is 0.812. The number of hydrogen-bond donors (Lipinski definition) is 1. The van der Waals surface area contributed by atoms with Gasteiger partial charge in [-0.25, -0.2) is 4.98 Å². The molecule has 0 aromatic carbocycles. The van der Waals surface area contributed by atoms with Crippen LogP contribution in [0.2, 0.25) is 0 Å². The average Bonchev–Trinajstić information content (AvgIpc) is 3.17. The summed E-state index contributed by atoms with van der Waals surface area (Å²) in [6, 6.07) is 0.758. The molecule has 0 radical (unpaired) electrons. The summed E-state index contributed by atoms with van der Waals surface area (Å²) in [6.45, 7) is 9.44. The number of thiazole rings is 1. The van der Waals surface area contributed by atoms with Gasteiger partial charge in [0, 0.05) is 30.6 Å². The summed E-state index contributed by atoms with van der Waals surface area (Å²) < 4.78 is 5.83. The Balaban J connectivity index is 1.72. The standard InChI is InChI=1S/C16H27N3OS/c1-4-5-14-15(8-17-13-6-7-13)21-16(18-14)19-9-11(2)20-12(3)10-19/h11-13,17H,4-10H2,1-3H3. The van der Waals surface area contributed by atoms with E-state index in [2.05, 4.69) is 31.0 Å². The van der Waals surface area contributed by atoms with E-state index in [4.69, 9.17) is 9.72 Å². The second-order valence-corrected chi connectivity index (χ2v) is 7.50. The molecule has 2 aliphatic rings. The van der Waals surface area contributed by atoms with Crippen LogP contribution in [0.5, 0.6) is 0 Å². The normalized spacial score (nSPS) is 26.3. The lowest BCUT2D eigenvalue weighted by Gasteiger charge is -2.35. The van der Waals surface area contributed by atoms with Gasteiger partial charge in [-0.1, -0.05) is 13.3 Å². The zero-order valence-corrected chi connectivity index (χ0v) is 14.2. The molecule has 0 bridgehead atoms. The summed E-state index contributed by atoms with van der Waals surface area (Å²) in [7, 11) is 0. The SMILES string of the molecule is CCCc1nc(N2CC(C)OC(C)C2)sc1CNC1CC1. The molecule has 1 aromatic rings. The van der Waals surface area contributed by atoms with Crippen molar-refractivity contribution in [3.05, 3.63) is 10.6 Å². The van der Waals surface area contributed by atoms with Crippen LogP contribution in [0.3, 0.4) is 0 Å². The van der Waals surface area contributed by atoms with Crippen molar-refractivity contribution in [3.63, 3.8) is 0 Å². The molecule has 1 N–H and O–H groups in total. The summed E-state index contributed by atoms with van der Waals surface area (Å²) in [5.41, 5.74) is 1.30. The van der Waals surface area contributed by atoms with Crippen LogP contribution in [0.1, 0.15) is 50.6 Å². The third kappa shape index (κ3) is 3.96. The van der Waals surface area contributed by atoms with E-state index in [9.17, 15) is 0 Å². The Morgan fingerprint density at radius 2 is 2.00 bits per heavy atom. The van der Waals surface area contributed by atoms with Gasteiger partial charge >= 0.3 is 0 Å². The number of hydrogen-bond acceptors (Lipinski definition) is 5. The number of ether oxygens (including phenoxy) is 1. The molecule has 2 atom stereocenters. The average molecular weight is 309 g/mol. The van der Waals surface area contributed by atoms with Crippen LogP contribution in [-0.4, -0.2) is 36.3 Å². The third-order valence-electron chi connectivity index (χ3n) is 4.07. The van der Waals surface area contributed by atoms with Gasteiger partial charge in [0.1, 0.15) is 0 Å². The lowest BCUT2D eigenvalue weighted by Crippen LogP contribution is -2.45. The van der Waals surface area contributed by atoms with Crippen molar-refractivity contribution >= 4 is 16.5 Å². The molecule has 2 fully saturated rings. The lowest BCUT2D eigenvalue weighted by atomic mass is 10.2. The largest absolute Gasteiger partial charge is 0.372 e. The maximum atomic E-state index is 5.83. The van der Waals surface area contributed by atoms with Gasteiger partial charge in [-0.2, -0.15) is 0 Å². The number of nitrogens with one attached hydrogen (secondary N) is 1. The molecule has 4 nitrogen and oxygen atoms in total. The Morgan fingerprint density at radius 1 is 1.29 bits per heavy atom. The first kappa shape index (κ1) is 15.3. The molecule has 5 heteroatoms. The van der Waals surface area contributed by atoms with Crippen molar-refractivity contribution in [1.82, 2.24) is 10.3 Å². The molecular formula is C16H27N3OS. The van der Waals surface area contributed by atoms with Crippen molar-refractivity contribution in [3.8, 4) is 0 Å². The first-order valence-corrected chi connectivity index (χ1v) is 9.09. The summed E-state index contributed by atoms with van der Waals surface area (Å²) in [5, 5.41) is 4.82. The Kier molecular flexibility index (Phi) is 4.82. The van der Waals surface area contributed by atoms with E-state index < -0.39 is 0 Å². The molecule has 21 heavy (non-hydrogen) atoms. The monoisotopic (exact) mass is 309 g/mol. The molecule has 2 heterocycles. The van der Waals surface area contributed by atoms with E-state index in [1.165, 1.54) is 28.5 Å². The van der Waals surface area contributed by atoms with Crippen LogP contribution in [0.25, 0.3) is 0 Å². The van der Waals surface area contributed by atoms with Crippen molar-refractivity contribution in [2.24, 2.45) is 0 Å². The van der Waals surface area contributed by atoms with Gasteiger partial charge in [0.05, 0.1) is 17.9 Å². The minimum atomic E-state index is 0.292. The zero-order chi connectivity index (χ0) is 14.8. The Morgan fingerprint density at radius 3 is 2.62 bits per heavy atom. The van der Waals surface area contributed by atoms with E-state index in [-0.39, 0.29) is 0 Å². The Hall–Kier alpha value is -0.650. The van der Waals surface area contributed by atoms with Crippen molar-refractivity contribution in [2.45, 2.75) is 71.2 Å². The highest BCUT2D eigenvalue weighted by Crippen LogP contribution is 2.30. The van der Waals surface area contributed by atoms with Crippen molar-refractivity contribution < 1.29 is 4.74 Å². The van der Waals surface area contributed by atoms with E-state index in [1.807, 2.05) is 11.3 Å². The minimum Gasteiger partial charge on any atom is -0.372 e. The third-order valence-corrected chi connectivity index (χ3v) is 5.23. The predicted octanol–water partition coefficient (Wildman–Crippen LogP) is 2.96. The molecule has 1 aliphatic heterocycles. The minimum absolute atomic E-state index is 0.292. The summed E-state index contributed by atoms with van der Waals surface area (Å²) in [6.07, 6.45) is 5.52. The summed E-state index contributed by atoms with van der Waals surface area (Å²) in [5.74, 6) is 0. The Labute approximate surface area is 131 Å². The molecule has 3 rings (SSSR count). The molecule has 1 aromatic heterocycles. The first-order valence-electron chi connectivity index (χ1n) is 8.28. The predicted molar refractivity (Wildman–Crippen MR) is 88.2 cm³/mol. The molecular weight excluding hydrogens is 282 g/mol. The highest BCUT2D eigenvalue weighted by molar-refractivity contribution is 7.15. The van der Waals surface area contributed by atoms with Crippen LogP contribution >= 0.6 is 11.3 Å². The van der Waals surface area contributed by atoms with E-state index in [1.54, 1.807) is 0 Å². The van der Waals surface area contributed by atoms with E-state index in [0.717, 1.165) is 38.5 Å². The summed E-state index contributed by atoms with van der Waals surface area (Å²) >= 11 is 1.88. The van der Waals surface area contributed by atoms with E-state index >= 15 is 0 Å². The van der Waals surface area contributed by atoms with Crippen molar-refractivity contribution in [1.29, 1.82) is 0 Å². The van der Waals surface area contributed by atoms with E-state index in [0.29, 0.717) is 12.2 Å². The van der Waals surface area contributed by atoms with Gasteiger partial charge in [-0.05, 0) is 33.1 Å². The van der Waals surface area contributed by atoms with Crippen LogP contribution in [0.15, 0.2) is 0 Å². The number of morpholine rings is 1. The molecule has 0 amide bonds. The number of rotatable bonds is 6. The highest BCUT2D eigenvalue weighted by Gasteiger charge is 2.26. The number of nitrogens with zero attached hydrogens (tertiary/aromatic N) is 2. The second kappa shape index (κ2) is 6.63. The van der Waals surface area contributed by atoms with Crippen LogP contribution in [0, 0.1) is 0 Å². The lowest BCUT2D eigenvalue weighted by molar-refractivity contribution is -0.00523. The number of aryl methyl sites for hydroxylation is 1. The van der Waals surface area contributed by atoms with Gasteiger partial charge in [0.15, 0.2) is 5.13 Å². The highest BCUT2D eigenvalue weighted by atomic mass is 32.1. The number of anilines is 1. The Bertz CT molecular complexity index is 462. The van der Waals surface area contributed by atoms with Crippen LogP contribution in [0.4, 0.5) is 5.13 Å². The molecule has 2 unspecified atom stereocenters.